The van der Waals surface area contributed by atoms with Gasteiger partial charge in [-0.3, -0.25) is 0 Å². The number of nitrogens with two attached hydrogens (primary N) is 1. The molecule has 1 fully saturated rings. The minimum absolute atomic E-state index is 0.158. The highest BCUT2D eigenvalue weighted by Gasteiger charge is 2.18. The number of likely N-dealkylation sites (tertiary alicyclic amines) is 1. The fourth-order valence-electron chi connectivity index (χ4n) is 2.62. The Morgan fingerprint density at radius 1 is 1.32 bits per heavy atom. The maximum atomic E-state index is 6.04. The second-order valence-corrected chi connectivity index (χ2v) is 6.45. The van der Waals surface area contributed by atoms with Gasteiger partial charge in [0.25, 0.3) is 0 Å². The first-order valence-electron chi connectivity index (χ1n) is 7.15. The van der Waals surface area contributed by atoms with Crippen molar-refractivity contribution in [3.63, 3.8) is 0 Å². The normalized spacial score (nSPS) is 21.4. The monoisotopic (exact) mass is 262 g/mol. The van der Waals surface area contributed by atoms with Crippen LogP contribution in [0.4, 0.5) is 0 Å². The summed E-state index contributed by atoms with van der Waals surface area (Å²) in [6.45, 7) is 6.31. The highest BCUT2D eigenvalue weighted by atomic mass is 16.5. The van der Waals surface area contributed by atoms with Crippen molar-refractivity contribution < 1.29 is 4.74 Å². The summed E-state index contributed by atoms with van der Waals surface area (Å²) >= 11 is 0. The summed E-state index contributed by atoms with van der Waals surface area (Å²) in [7, 11) is 2.15. The Labute approximate surface area is 116 Å². The molecule has 1 aromatic rings. The number of likely N-dealkylation sites (N-methyl/N-ethyl adjacent to an activating group) is 1. The van der Waals surface area contributed by atoms with Gasteiger partial charge in [0.05, 0.1) is 0 Å². The molecule has 0 aromatic heterocycles. The van der Waals surface area contributed by atoms with Crippen molar-refractivity contribution >= 4 is 0 Å². The third kappa shape index (κ3) is 4.84. The summed E-state index contributed by atoms with van der Waals surface area (Å²) in [5.74, 6) is 0.971. The van der Waals surface area contributed by atoms with Crippen LogP contribution in [-0.4, -0.2) is 36.7 Å². The van der Waals surface area contributed by atoms with Gasteiger partial charge in [-0.25, -0.2) is 0 Å². The molecular formula is C16H26N2O. The lowest BCUT2D eigenvalue weighted by atomic mass is 9.96. The summed E-state index contributed by atoms with van der Waals surface area (Å²) in [5.41, 5.74) is 7.14. The van der Waals surface area contributed by atoms with Crippen LogP contribution in [0.15, 0.2) is 24.3 Å². The van der Waals surface area contributed by atoms with E-state index < -0.39 is 0 Å². The van der Waals surface area contributed by atoms with Crippen LogP contribution in [0.3, 0.4) is 0 Å². The summed E-state index contributed by atoms with van der Waals surface area (Å²) in [4.78, 5) is 2.33. The third-order valence-electron chi connectivity index (χ3n) is 3.47. The average Bonchev–Trinajstić information content (AvgIpc) is 2.30. The minimum Gasteiger partial charge on any atom is -0.489 e. The molecule has 0 amide bonds. The summed E-state index contributed by atoms with van der Waals surface area (Å²) in [6.07, 6.45) is 3.60. The molecule has 106 valence electrons. The SMILES string of the molecule is CN1CCCC(Oc2ccc(CC(C)(C)N)cc2)C1. The predicted molar refractivity (Wildman–Crippen MR) is 79.6 cm³/mol. The Kier molecular flexibility index (Phi) is 4.48. The lowest BCUT2D eigenvalue weighted by molar-refractivity contribution is 0.104. The Hall–Kier alpha value is -1.06. The van der Waals surface area contributed by atoms with Gasteiger partial charge in [-0.1, -0.05) is 12.1 Å². The molecule has 1 aromatic carbocycles. The van der Waals surface area contributed by atoms with Gasteiger partial charge in [0, 0.05) is 12.1 Å². The van der Waals surface area contributed by atoms with E-state index >= 15 is 0 Å². The van der Waals surface area contributed by atoms with Crippen LogP contribution in [0.1, 0.15) is 32.3 Å². The van der Waals surface area contributed by atoms with E-state index in [2.05, 4.69) is 50.1 Å². The Morgan fingerprint density at radius 2 is 2.00 bits per heavy atom. The van der Waals surface area contributed by atoms with Crippen LogP contribution in [0.2, 0.25) is 0 Å². The zero-order chi connectivity index (χ0) is 13.9. The van der Waals surface area contributed by atoms with Crippen LogP contribution in [-0.2, 0) is 6.42 Å². The van der Waals surface area contributed by atoms with Crippen molar-refractivity contribution in [3.05, 3.63) is 29.8 Å². The van der Waals surface area contributed by atoms with Gasteiger partial charge >= 0.3 is 0 Å². The molecule has 1 aliphatic rings. The molecule has 2 N–H and O–H groups in total. The second kappa shape index (κ2) is 5.93. The van der Waals surface area contributed by atoms with Gasteiger partial charge in [0.1, 0.15) is 11.9 Å². The number of piperidine rings is 1. The van der Waals surface area contributed by atoms with E-state index in [1.165, 1.54) is 18.5 Å². The van der Waals surface area contributed by atoms with Crippen LogP contribution in [0.25, 0.3) is 0 Å². The number of nitrogens with zero attached hydrogens (tertiary/aromatic N) is 1. The lowest BCUT2D eigenvalue weighted by Gasteiger charge is -2.30. The molecule has 0 radical (unpaired) electrons. The van der Waals surface area contributed by atoms with E-state index in [-0.39, 0.29) is 5.54 Å². The highest BCUT2D eigenvalue weighted by Crippen LogP contribution is 2.20. The lowest BCUT2D eigenvalue weighted by Crippen LogP contribution is -2.38. The molecule has 0 saturated carbocycles. The van der Waals surface area contributed by atoms with Crippen molar-refractivity contribution in [3.8, 4) is 5.75 Å². The van der Waals surface area contributed by atoms with E-state index in [1.807, 2.05) is 0 Å². The van der Waals surface area contributed by atoms with E-state index in [4.69, 9.17) is 10.5 Å². The van der Waals surface area contributed by atoms with E-state index in [9.17, 15) is 0 Å². The number of hydrogen-bond acceptors (Lipinski definition) is 3. The quantitative estimate of drug-likeness (QED) is 0.906. The number of benzene rings is 1. The number of ether oxygens (including phenoxy) is 1. The molecular weight excluding hydrogens is 236 g/mol. The number of hydrogen-bond donors (Lipinski definition) is 1. The molecule has 1 heterocycles. The fourth-order valence-corrected chi connectivity index (χ4v) is 2.62. The van der Waals surface area contributed by atoms with Gasteiger partial charge in [-0.05, 0) is 64.4 Å². The zero-order valence-corrected chi connectivity index (χ0v) is 12.4. The first kappa shape index (κ1) is 14.4. The Bertz CT molecular complexity index is 394. The smallest absolute Gasteiger partial charge is 0.119 e. The minimum atomic E-state index is -0.158. The fraction of sp³-hybridized carbons (Fsp3) is 0.625. The van der Waals surface area contributed by atoms with Crippen LogP contribution >= 0.6 is 0 Å². The molecule has 19 heavy (non-hydrogen) atoms. The van der Waals surface area contributed by atoms with Crippen molar-refractivity contribution in [2.45, 2.75) is 44.8 Å². The Balaban J connectivity index is 1.91. The largest absolute Gasteiger partial charge is 0.489 e. The van der Waals surface area contributed by atoms with Crippen molar-refractivity contribution in [2.75, 3.05) is 20.1 Å². The van der Waals surface area contributed by atoms with E-state index in [0.717, 1.165) is 25.1 Å². The molecule has 3 nitrogen and oxygen atoms in total. The molecule has 0 bridgehead atoms. The molecule has 1 atom stereocenters. The second-order valence-electron chi connectivity index (χ2n) is 6.45. The summed E-state index contributed by atoms with van der Waals surface area (Å²) in [5, 5.41) is 0. The zero-order valence-electron chi connectivity index (χ0n) is 12.4. The van der Waals surface area contributed by atoms with Crippen molar-refractivity contribution in [1.82, 2.24) is 4.90 Å². The molecule has 1 aliphatic heterocycles. The third-order valence-corrected chi connectivity index (χ3v) is 3.47. The highest BCUT2D eigenvalue weighted by molar-refractivity contribution is 5.28. The average molecular weight is 262 g/mol. The van der Waals surface area contributed by atoms with Crippen LogP contribution in [0.5, 0.6) is 5.75 Å². The van der Waals surface area contributed by atoms with Crippen molar-refractivity contribution in [1.29, 1.82) is 0 Å². The maximum absolute atomic E-state index is 6.04. The molecule has 1 saturated heterocycles. The van der Waals surface area contributed by atoms with Crippen LogP contribution < -0.4 is 10.5 Å². The molecule has 2 rings (SSSR count). The van der Waals surface area contributed by atoms with Gasteiger partial charge < -0.3 is 15.4 Å². The van der Waals surface area contributed by atoms with E-state index in [1.54, 1.807) is 0 Å². The molecule has 1 unspecified atom stereocenters. The van der Waals surface area contributed by atoms with Crippen LogP contribution in [0, 0.1) is 0 Å². The van der Waals surface area contributed by atoms with Crippen molar-refractivity contribution in [2.24, 2.45) is 5.73 Å². The summed E-state index contributed by atoms with van der Waals surface area (Å²) < 4.78 is 6.04. The van der Waals surface area contributed by atoms with E-state index in [0.29, 0.717) is 6.10 Å². The molecule has 0 aliphatic carbocycles. The topological polar surface area (TPSA) is 38.5 Å². The predicted octanol–water partition coefficient (Wildman–Crippen LogP) is 2.44. The maximum Gasteiger partial charge on any atom is 0.119 e. The van der Waals surface area contributed by atoms with Gasteiger partial charge in [0.15, 0.2) is 0 Å². The van der Waals surface area contributed by atoms with Gasteiger partial charge in [-0.2, -0.15) is 0 Å². The molecule has 0 spiro atoms. The van der Waals surface area contributed by atoms with Gasteiger partial charge in [0.2, 0.25) is 0 Å². The molecule has 3 heteroatoms. The number of rotatable bonds is 4. The van der Waals surface area contributed by atoms with Gasteiger partial charge in [-0.15, -0.1) is 0 Å². The first-order chi connectivity index (χ1) is 8.92. The Morgan fingerprint density at radius 3 is 2.58 bits per heavy atom. The summed E-state index contributed by atoms with van der Waals surface area (Å²) in [6, 6.07) is 8.37. The first-order valence-corrected chi connectivity index (χ1v) is 7.15. The standard InChI is InChI=1S/C16H26N2O/c1-16(2,17)11-13-6-8-14(9-7-13)19-15-5-4-10-18(3)12-15/h6-9,15H,4-5,10-12,17H2,1-3H3.